The molecule has 0 aliphatic heterocycles. The Morgan fingerprint density at radius 1 is 1.53 bits per heavy atom. The topological polar surface area (TPSA) is 93.6 Å². The highest BCUT2D eigenvalue weighted by atomic mass is 16.5. The van der Waals surface area contributed by atoms with Crippen LogP contribution in [-0.4, -0.2) is 27.6 Å². The van der Waals surface area contributed by atoms with Crippen LogP contribution in [0.2, 0.25) is 0 Å². The smallest absolute Gasteiger partial charge is 0.227 e. The Hall–Kier alpha value is -1.85. The lowest BCUT2D eigenvalue weighted by atomic mass is 10.1. The fraction of sp³-hybridized carbons (Fsp3) is 0.545. The zero-order valence-electron chi connectivity index (χ0n) is 9.54. The van der Waals surface area contributed by atoms with Crippen molar-refractivity contribution in [3.63, 3.8) is 0 Å². The number of hydrogen-bond donors (Lipinski definition) is 2. The lowest BCUT2D eigenvalue weighted by Crippen LogP contribution is -2.17. The number of oxime groups is 1. The van der Waals surface area contributed by atoms with E-state index in [0.717, 1.165) is 0 Å². The lowest BCUT2D eigenvalue weighted by molar-refractivity contribution is 0.242. The largest absolute Gasteiger partial charge is 0.477 e. The van der Waals surface area contributed by atoms with Gasteiger partial charge in [-0.05, 0) is 18.8 Å². The summed E-state index contributed by atoms with van der Waals surface area (Å²) in [5.74, 6) is 0.930. The van der Waals surface area contributed by atoms with Gasteiger partial charge in [0.2, 0.25) is 5.88 Å². The maximum absolute atomic E-state index is 8.64. The maximum atomic E-state index is 8.64. The molecule has 1 heterocycles. The van der Waals surface area contributed by atoms with Crippen LogP contribution in [-0.2, 0) is 0 Å². The van der Waals surface area contributed by atoms with Crippen LogP contribution in [0.25, 0.3) is 0 Å². The minimum atomic E-state index is -0.0352. The predicted octanol–water partition coefficient (Wildman–Crippen LogP) is 1.14. The highest BCUT2D eigenvalue weighted by molar-refractivity contribution is 5.98. The molecule has 0 bridgehead atoms. The normalized spacial score (nSPS) is 17.3. The van der Waals surface area contributed by atoms with Crippen LogP contribution in [0.4, 0.5) is 0 Å². The molecule has 6 nitrogen and oxygen atoms in total. The number of amidine groups is 1. The van der Waals surface area contributed by atoms with Gasteiger partial charge in [0, 0.05) is 6.20 Å². The van der Waals surface area contributed by atoms with Crippen LogP contribution in [0.1, 0.15) is 31.2 Å². The fourth-order valence-corrected chi connectivity index (χ4v) is 2.04. The van der Waals surface area contributed by atoms with Crippen LogP contribution in [0.5, 0.6) is 5.88 Å². The maximum Gasteiger partial charge on any atom is 0.227 e. The molecule has 1 aliphatic rings. The first-order valence-electron chi connectivity index (χ1n) is 5.72. The standard InChI is InChI=1S/C11H16N4O2/c12-10(15-16)9-5-13-7-14-11(9)17-6-8-3-1-2-4-8/h5,7-8,16H,1-4,6H2,(H2,12,15). The predicted molar refractivity (Wildman–Crippen MR) is 62.0 cm³/mol. The van der Waals surface area contributed by atoms with Crippen molar-refractivity contribution in [2.75, 3.05) is 6.61 Å². The Kier molecular flexibility index (Phi) is 3.74. The van der Waals surface area contributed by atoms with Crippen LogP contribution >= 0.6 is 0 Å². The van der Waals surface area contributed by atoms with Crippen LogP contribution in [0.15, 0.2) is 17.7 Å². The van der Waals surface area contributed by atoms with Gasteiger partial charge in [-0.3, -0.25) is 0 Å². The number of nitrogens with zero attached hydrogens (tertiary/aromatic N) is 3. The highest BCUT2D eigenvalue weighted by Gasteiger charge is 2.17. The fourth-order valence-electron chi connectivity index (χ4n) is 2.04. The highest BCUT2D eigenvalue weighted by Crippen LogP contribution is 2.25. The Bertz CT molecular complexity index is 402. The molecular weight excluding hydrogens is 220 g/mol. The van der Waals surface area contributed by atoms with Gasteiger partial charge in [0.1, 0.15) is 11.9 Å². The van der Waals surface area contributed by atoms with Crippen molar-refractivity contribution in [2.24, 2.45) is 16.8 Å². The van der Waals surface area contributed by atoms with E-state index in [1.807, 2.05) is 0 Å². The van der Waals surface area contributed by atoms with Crippen molar-refractivity contribution >= 4 is 5.84 Å². The van der Waals surface area contributed by atoms with Crippen molar-refractivity contribution in [3.8, 4) is 5.88 Å². The lowest BCUT2D eigenvalue weighted by Gasteiger charge is -2.12. The zero-order chi connectivity index (χ0) is 12.1. The van der Waals surface area contributed by atoms with E-state index in [2.05, 4.69) is 15.1 Å². The summed E-state index contributed by atoms with van der Waals surface area (Å²) in [6.07, 6.45) is 7.80. The Labute approximate surface area is 99.5 Å². The van der Waals surface area contributed by atoms with Gasteiger partial charge in [-0.15, -0.1) is 0 Å². The van der Waals surface area contributed by atoms with Gasteiger partial charge < -0.3 is 15.7 Å². The van der Waals surface area contributed by atoms with Gasteiger partial charge >= 0.3 is 0 Å². The third-order valence-corrected chi connectivity index (χ3v) is 2.99. The summed E-state index contributed by atoms with van der Waals surface area (Å²) in [5.41, 5.74) is 5.94. The van der Waals surface area contributed by atoms with E-state index < -0.39 is 0 Å². The number of ether oxygens (including phenoxy) is 1. The van der Waals surface area contributed by atoms with Crippen LogP contribution in [0.3, 0.4) is 0 Å². The average Bonchev–Trinajstić information content (AvgIpc) is 2.89. The molecule has 1 aromatic rings. The number of hydrogen-bond acceptors (Lipinski definition) is 5. The van der Waals surface area contributed by atoms with Crippen molar-refractivity contribution in [1.29, 1.82) is 0 Å². The third-order valence-electron chi connectivity index (χ3n) is 2.99. The van der Waals surface area contributed by atoms with Gasteiger partial charge in [0.15, 0.2) is 5.84 Å². The third kappa shape index (κ3) is 2.83. The number of aromatic nitrogens is 2. The molecule has 0 aromatic carbocycles. The van der Waals surface area contributed by atoms with Gasteiger partial charge in [0.05, 0.1) is 6.61 Å². The van der Waals surface area contributed by atoms with E-state index in [1.54, 1.807) is 0 Å². The molecule has 1 fully saturated rings. The Morgan fingerprint density at radius 3 is 3.00 bits per heavy atom. The molecule has 0 spiro atoms. The summed E-state index contributed by atoms with van der Waals surface area (Å²) in [6, 6.07) is 0. The molecule has 6 heteroatoms. The molecule has 92 valence electrons. The first-order chi connectivity index (χ1) is 8.31. The van der Waals surface area contributed by atoms with Crippen LogP contribution < -0.4 is 10.5 Å². The van der Waals surface area contributed by atoms with E-state index in [1.165, 1.54) is 38.2 Å². The minimum Gasteiger partial charge on any atom is -0.477 e. The molecule has 3 N–H and O–H groups in total. The molecule has 2 rings (SSSR count). The Balaban J connectivity index is 2.04. The summed E-state index contributed by atoms with van der Waals surface area (Å²) in [6.45, 7) is 0.628. The molecule has 0 atom stereocenters. The second-order valence-electron chi connectivity index (χ2n) is 4.19. The first-order valence-corrected chi connectivity index (χ1v) is 5.72. The SMILES string of the molecule is NC(=NO)c1cncnc1OCC1CCCC1. The van der Waals surface area contributed by atoms with Crippen molar-refractivity contribution in [3.05, 3.63) is 18.1 Å². The summed E-state index contributed by atoms with van der Waals surface area (Å²) >= 11 is 0. The van der Waals surface area contributed by atoms with Gasteiger partial charge in [-0.1, -0.05) is 18.0 Å². The van der Waals surface area contributed by atoms with Crippen LogP contribution in [0, 0.1) is 5.92 Å². The van der Waals surface area contributed by atoms with E-state index in [0.29, 0.717) is 24.0 Å². The van der Waals surface area contributed by atoms with Gasteiger partial charge in [-0.25, -0.2) is 9.97 Å². The summed E-state index contributed by atoms with van der Waals surface area (Å²) < 4.78 is 5.62. The quantitative estimate of drug-likeness (QED) is 0.354. The van der Waals surface area contributed by atoms with E-state index in [-0.39, 0.29) is 5.84 Å². The van der Waals surface area contributed by atoms with E-state index in [9.17, 15) is 0 Å². The monoisotopic (exact) mass is 236 g/mol. The summed E-state index contributed by atoms with van der Waals surface area (Å²) in [4.78, 5) is 7.83. The molecule has 0 amide bonds. The molecule has 0 radical (unpaired) electrons. The second kappa shape index (κ2) is 5.47. The number of nitrogens with two attached hydrogens (primary N) is 1. The average molecular weight is 236 g/mol. The van der Waals surface area contributed by atoms with E-state index in [4.69, 9.17) is 15.7 Å². The molecule has 1 saturated carbocycles. The molecule has 0 saturated heterocycles. The molecular formula is C11H16N4O2. The Morgan fingerprint density at radius 2 is 2.29 bits per heavy atom. The molecule has 1 aromatic heterocycles. The minimum absolute atomic E-state index is 0.0352. The second-order valence-corrected chi connectivity index (χ2v) is 4.19. The van der Waals surface area contributed by atoms with Gasteiger partial charge in [0.25, 0.3) is 0 Å². The first kappa shape index (κ1) is 11.6. The molecule has 17 heavy (non-hydrogen) atoms. The van der Waals surface area contributed by atoms with Crippen molar-refractivity contribution in [2.45, 2.75) is 25.7 Å². The van der Waals surface area contributed by atoms with E-state index >= 15 is 0 Å². The summed E-state index contributed by atoms with van der Waals surface area (Å²) in [5, 5.41) is 11.6. The molecule has 0 unspecified atom stereocenters. The summed E-state index contributed by atoms with van der Waals surface area (Å²) in [7, 11) is 0. The number of rotatable bonds is 4. The van der Waals surface area contributed by atoms with Gasteiger partial charge in [-0.2, -0.15) is 0 Å². The zero-order valence-corrected chi connectivity index (χ0v) is 9.54. The van der Waals surface area contributed by atoms with Crippen molar-refractivity contribution in [1.82, 2.24) is 9.97 Å². The molecule has 1 aliphatic carbocycles. The van der Waals surface area contributed by atoms with Crippen molar-refractivity contribution < 1.29 is 9.94 Å².